The predicted molar refractivity (Wildman–Crippen MR) is 85.2 cm³/mol. The molecule has 1 N–H and O–H groups in total. The first kappa shape index (κ1) is 14.1. The Balaban J connectivity index is 1.65. The van der Waals surface area contributed by atoms with Crippen molar-refractivity contribution in [2.24, 2.45) is 5.92 Å². The van der Waals surface area contributed by atoms with Gasteiger partial charge in [0, 0.05) is 19.1 Å². The number of rotatable bonds is 5. The van der Waals surface area contributed by atoms with Gasteiger partial charge in [-0.05, 0) is 56.7 Å². The first-order valence-electron chi connectivity index (χ1n) is 8.27. The molecule has 2 heteroatoms. The van der Waals surface area contributed by atoms with E-state index in [2.05, 4.69) is 48.3 Å². The Morgan fingerprint density at radius 1 is 1.25 bits per heavy atom. The highest BCUT2D eigenvalue weighted by Gasteiger charge is 2.29. The second-order valence-corrected chi connectivity index (χ2v) is 6.75. The molecule has 0 radical (unpaired) electrons. The summed E-state index contributed by atoms with van der Waals surface area (Å²) in [5.41, 5.74) is 2.92. The van der Waals surface area contributed by atoms with Crippen molar-refractivity contribution < 1.29 is 0 Å². The smallest absolute Gasteiger partial charge is 0.0201 e. The molecule has 0 aromatic heterocycles. The highest BCUT2D eigenvalue weighted by molar-refractivity contribution is 5.26. The van der Waals surface area contributed by atoms with Crippen molar-refractivity contribution in [2.45, 2.75) is 45.1 Å². The molecule has 2 fully saturated rings. The number of nitrogens with one attached hydrogen (secondary N) is 1. The van der Waals surface area contributed by atoms with E-state index >= 15 is 0 Å². The Morgan fingerprint density at radius 3 is 2.80 bits per heavy atom. The minimum Gasteiger partial charge on any atom is -0.312 e. The molecule has 1 saturated carbocycles. The van der Waals surface area contributed by atoms with E-state index in [0.29, 0.717) is 12.0 Å². The summed E-state index contributed by atoms with van der Waals surface area (Å²) in [6, 6.07) is 9.78. The van der Waals surface area contributed by atoms with E-state index < -0.39 is 0 Å². The molecule has 0 bridgehead atoms. The predicted octanol–water partition coefficient (Wildman–Crippen LogP) is 3.17. The van der Waals surface area contributed by atoms with Crippen LogP contribution in [0, 0.1) is 12.8 Å². The third-order valence-corrected chi connectivity index (χ3v) is 4.88. The van der Waals surface area contributed by atoms with Gasteiger partial charge in [-0.1, -0.05) is 36.8 Å². The topological polar surface area (TPSA) is 15.3 Å². The molecular weight excluding hydrogens is 244 g/mol. The molecule has 1 aliphatic carbocycles. The first-order chi connectivity index (χ1) is 9.74. The third-order valence-electron chi connectivity index (χ3n) is 4.88. The van der Waals surface area contributed by atoms with Crippen molar-refractivity contribution in [3.63, 3.8) is 0 Å². The Kier molecular flexibility index (Phi) is 4.42. The van der Waals surface area contributed by atoms with Crippen molar-refractivity contribution >= 4 is 0 Å². The lowest BCUT2D eigenvalue weighted by molar-refractivity contribution is 0.178. The Hall–Kier alpha value is -0.860. The first-order valence-corrected chi connectivity index (χ1v) is 8.27. The molecule has 2 aliphatic rings. The van der Waals surface area contributed by atoms with Gasteiger partial charge in [-0.2, -0.15) is 0 Å². The molecule has 1 aromatic carbocycles. The standard InChI is InChI=1S/C18H28N2/c1-3-20-12-17(16-6-4-5-14(2)9-16)10-18(13-20)19-11-15-7-8-15/h4-6,9,15,17-19H,3,7-8,10-13H2,1-2H3. The van der Waals surface area contributed by atoms with Crippen LogP contribution < -0.4 is 5.32 Å². The average Bonchev–Trinajstić information content (AvgIpc) is 3.29. The summed E-state index contributed by atoms with van der Waals surface area (Å²) in [5.74, 6) is 1.67. The number of piperidine rings is 1. The van der Waals surface area contributed by atoms with Crippen molar-refractivity contribution in [1.29, 1.82) is 0 Å². The van der Waals surface area contributed by atoms with Crippen molar-refractivity contribution in [1.82, 2.24) is 10.2 Å². The van der Waals surface area contributed by atoms with Gasteiger partial charge in [0.1, 0.15) is 0 Å². The van der Waals surface area contributed by atoms with Gasteiger partial charge in [0.15, 0.2) is 0 Å². The maximum absolute atomic E-state index is 3.82. The van der Waals surface area contributed by atoms with Crippen LogP contribution in [0.3, 0.4) is 0 Å². The summed E-state index contributed by atoms with van der Waals surface area (Å²) in [6.45, 7) is 9.35. The van der Waals surface area contributed by atoms with Gasteiger partial charge in [-0.25, -0.2) is 0 Å². The minimum atomic E-state index is 0.676. The van der Waals surface area contributed by atoms with Crippen molar-refractivity contribution in [3.05, 3.63) is 35.4 Å². The highest BCUT2D eigenvalue weighted by Crippen LogP contribution is 2.30. The molecule has 2 unspecified atom stereocenters. The Bertz CT molecular complexity index is 439. The summed E-state index contributed by atoms with van der Waals surface area (Å²) >= 11 is 0. The van der Waals surface area contributed by atoms with Crippen LogP contribution in [0.15, 0.2) is 24.3 Å². The molecule has 20 heavy (non-hydrogen) atoms. The molecule has 2 atom stereocenters. The van der Waals surface area contributed by atoms with Gasteiger partial charge < -0.3 is 10.2 Å². The average molecular weight is 272 g/mol. The molecule has 0 spiro atoms. The molecule has 3 rings (SSSR count). The van der Waals surface area contributed by atoms with E-state index in [1.54, 1.807) is 0 Å². The van der Waals surface area contributed by atoms with E-state index in [4.69, 9.17) is 0 Å². The summed E-state index contributed by atoms with van der Waals surface area (Å²) in [5, 5.41) is 3.82. The van der Waals surface area contributed by atoms with Gasteiger partial charge in [0.05, 0.1) is 0 Å². The van der Waals surface area contributed by atoms with E-state index in [0.717, 1.165) is 5.92 Å². The molecule has 2 nitrogen and oxygen atoms in total. The summed E-state index contributed by atoms with van der Waals surface area (Å²) in [6.07, 6.45) is 4.18. The van der Waals surface area contributed by atoms with Crippen LogP contribution >= 0.6 is 0 Å². The fourth-order valence-electron chi connectivity index (χ4n) is 3.42. The van der Waals surface area contributed by atoms with E-state index in [1.807, 2.05) is 0 Å². The van der Waals surface area contributed by atoms with Crippen LogP contribution in [0.2, 0.25) is 0 Å². The molecule has 1 aliphatic heterocycles. The third kappa shape index (κ3) is 3.62. The molecule has 1 aromatic rings. The van der Waals surface area contributed by atoms with Crippen LogP contribution in [0.25, 0.3) is 0 Å². The largest absolute Gasteiger partial charge is 0.312 e. The number of hydrogen-bond acceptors (Lipinski definition) is 2. The molecule has 0 amide bonds. The Labute approximate surface area is 123 Å². The summed E-state index contributed by atoms with van der Waals surface area (Å²) < 4.78 is 0. The monoisotopic (exact) mass is 272 g/mol. The number of likely N-dealkylation sites (tertiary alicyclic amines) is 1. The highest BCUT2D eigenvalue weighted by atomic mass is 15.2. The van der Waals surface area contributed by atoms with Gasteiger partial charge in [-0.3, -0.25) is 0 Å². The van der Waals surface area contributed by atoms with E-state index in [-0.39, 0.29) is 0 Å². The van der Waals surface area contributed by atoms with Gasteiger partial charge >= 0.3 is 0 Å². The molecular formula is C18H28N2. The van der Waals surface area contributed by atoms with Crippen molar-refractivity contribution in [2.75, 3.05) is 26.2 Å². The lowest BCUT2D eigenvalue weighted by atomic mass is 9.87. The van der Waals surface area contributed by atoms with E-state index in [1.165, 1.54) is 56.6 Å². The van der Waals surface area contributed by atoms with Crippen LogP contribution in [0.1, 0.15) is 43.2 Å². The zero-order chi connectivity index (χ0) is 13.9. The maximum atomic E-state index is 3.82. The number of likely N-dealkylation sites (N-methyl/N-ethyl adjacent to an activating group) is 1. The maximum Gasteiger partial charge on any atom is 0.0201 e. The Morgan fingerprint density at radius 2 is 2.10 bits per heavy atom. The minimum absolute atomic E-state index is 0.676. The second kappa shape index (κ2) is 6.28. The van der Waals surface area contributed by atoms with E-state index in [9.17, 15) is 0 Å². The summed E-state index contributed by atoms with van der Waals surface area (Å²) in [7, 11) is 0. The fourth-order valence-corrected chi connectivity index (χ4v) is 3.42. The van der Waals surface area contributed by atoms with Crippen molar-refractivity contribution in [3.8, 4) is 0 Å². The second-order valence-electron chi connectivity index (χ2n) is 6.75. The summed E-state index contributed by atoms with van der Waals surface area (Å²) in [4.78, 5) is 2.61. The quantitative estimate of drug-likeness (QED) is 0.885. The normalized spacial score (nSPS) is 27.7. The van der Waals surface area contributed by atoms with Crippen LogP contribution in [-0.2, 0) is 0 Å². The molecule has 1 saturated heterocycles. The van der Waals surface area contributed by atoms with Gasteiger partial charge in [-0.15, -0.1) is 0 Å². The van der Waals surface area contributed by atoms with Crippen LogP contribution in [0.5, 0.6) is 0 Å². The van der Waals surface area contributed by atoms with Crippen LogP contribution in [-0.4, -0.2) is 37.1 Å². The number of nitrogens with zero attached hydrogens (tertiary/aromatic N) is 1. The lowest BCUT2D eigenvalue weighted by Gasteiger charge is -2.38. The molecule has 1 heterocycles. The zero-order valence-electron chi connectivity index (χ0n) is 12.9. The number of benzene rings is 1. The van der Waals surface area contributed by atoms with Gasteiger partial charge in [0.25, 0.3) is 0 Å². The van der Waals surface area contributed by atoms with Gasteiger partial charge in [0.2, 0.25) is 0 Å². The SMILES string of the molecule is CCN1CC(NCC2CC2)CC(c2cccc(C)c2)C1. The zero-order valence-corrected chi connectivity index (χ0v) is 12.9. The molecule has 110 valence electrons. The van der Waals surface area contributed by atoms with Crippen LogP contribution in [0.4, 0.5) is 0 Å². The lowest BCUT2D eigenvalue weighted by Crippen LogP contribution is -2.48. The number of hydrogen-bond donors (Lipinski definition) is 1. The fraction of sp³-hybridized carbons (Fsp3) is 0.667. The number of aryl methyl sites for hydroxylation is 1.